The Kier molecular flexibility index (Phi) is 5.07. The number of carbonyl (C=O) groups is 1. The molecule has 0 bridgehead atoms. The van der Waals surface area contributed by atoms with Crippen LogP contribution in [0.2, 0.25) is 0 Å². The van der Waals surface area contributed by atoms with Gasteiger partial charge in [-0.05, 0) is 13.8 Å². The summed E-state index contributed by atoms with van der Waals surface area (Å²) in [5, 5.41) is 11.3. The van der Waals surface area contributed by atoms with Crippen molar-refractivity contribution in [1.82, 2.24) is 9.88 Å². The van der Waals surface area contributed by atoms with Gasteiger partial charge in [0.15, 0.2) is 0 Å². The third kappa shape index (κ3) is 3.67. The van der Waals surface area contributed by atoms with Gasteiger partial charge in [-0.3, -0.25) is 4.79 Å². The molecule has 0 radical (unpaired) electrons. The topological polar surface area (TPSA) is 57.0 Å². The van der Waals surface area contributed by atoms with E-state index in [1.54, 1.807) is 10.3 Å². The Morgan fingerprint density at radius 1 is 1.38 bits per heavy atom. The Balaban J connectivity index is 2.20. The predicted molar refractivity (Wildman–Crippen MR) is 84.0 cm³/mol. The van der Waals surface area contributed by atoms with Gasteiger partial charge in [0.25, 0.3) is 5.91 Å². The third-order valence-corrected chi connectivity index (χ3v) is 3.98. The average Bonchev–Trinajstić information content (AvgIpc) is 2.98. The van der Waals surface area contributed by atoms with Gasteiger partial charge in [0.1, 0.15) is 10.7 Å². The quantitative estimate of drug-likeness (QED) is 0.848. The van der Waals surface area contributed by atoms with E-state index in [9.17, 15) is 4.79 Å². The van der Waals surface area contributed by atoms with Crippen LogP contribution in [0.25, 0.3) is 10.6 Å². The second kappa shape index (κ2) is 7.00. The number of rotatable bonds is 5. The molecule has 0 spiro atoms. The normalized spacial score (nSPS) is 10.4. The predicted octanol–water partition coefficient (Wildman–Crippen LogP) is 3.57. The van der Waals surface area contributed by atoms with Crippen LogP contribution in [0.3, 0.4) is 0 Å². The van der Waals surface area contributed by atoms with Gasteiger partial charge < -0.3 is 4.90 Å². The molecule has 0 aliphatic heterocycles. The smallest absolute Gasteiger partial charge is 0.273 e. The highest BCUT2D eigenvalue weighted by Gasteiger charge is 2.21. The monoisotopic (exact) mass is 299 g/mol. The van der Waals surface area contributed by atoms with Crippen molar-refractivity contribution >= 4 is 17.2 Å². The minimum Gasteiger partial charge on any atom is -0.334 e. The molecule has 0 saturated carbocycles. The van der Waals surface area contributed by atoms with Gasteiger partial charge in [0.2, 0.25) is 0 Å². The number of carbonyl (C=O) groups excluding carboxylic acids is 1. The minimum atomic E-state index is -0.112. The molecule has 0 aliphatic rings. The molecule has 4 nitrogen and oxygen atoms in total. The van der Waals surface area contributed by atoms with Crippen LogP contribution in [0.1, 0.15) is 30.8 Å². The lowest BCUT2D eigenvalue weighted by atomic mass is 10.2. The van der Waals surface area contributed by atoms with Gasteiger partial charge in [0, 0.05) is 23.5 Å². The summed E-state index contributed by atoms with van der Waals surface area (Å²) in [5.74, 6) is -0.112. The highest BCUT2D eigenvalue weighted by molar-refractivity contribution is 7.13. The zero-order valence-corrected chi connectivity index (χ0v) is 12.9. The van der Waals surface area contributed by atoms with Crippen LogP contribution >= 0.6 is 11.3 Å². The Morgan fingerprint density at radius 3 is 2.71 bits per heavy atom. The maximum absolute atomic E-state index is 12.5. The molecule has 2 aromatic rings. The number of amides is 1. The van der Waals surface area contributed by atoms with Crippen molar-refractivity contribution in [3.05, 3.63) is 41.4 Å². The van der Waals surface area contributed by atoms with Gasteiger partial charge in [-0.2, -0.15) is 5.26 Å². The van der Waals surface area contributed by atoms with Crippen LogP contribution in [0, 0.1) is 11.3 Å². The summed E-state index contributed by atoms with van der Waals surface area (Å²) in [4.78, 5) is 18.6. The van der Waals surface area contributed by atoms with E-state index in [4.69, 9.17) is 5.26 Å². The van der Waals surface area contributed by atoms with E-state index < -0.39 is 0 Å². The van der Waals surface area contributed by atoms with Crippen molar-refractivity contribution < 1.29 is 4.79 Å². The Morgan fingerprint density at radius 2 is 2.10 bits per heavy atom. The van der Waals surface area contributed by atoms with E-state index >= 15 is 0 Å². The molecule has 0 unspecified atom stereocenters. The van der Waals surface area contributed by atoms with Crippen LogP contribution in [0.4, 0.5) is 0 Å². The summed E-state index contributed by atoms with van der Waals surface area (Å²) in [7, 11) is 0. The summed E-state index contributed by atoms with van der Waals surface area (Å²) < 4.78 is 0. The van der Waals surface area contributed by atoms with Gasteiger partial charge >= 0.3 is 0 Å². The molecule has 0 aliphatic carbocycles. The molecular weight excluding hydrogens is 282 g/mol. The first kappa shape index (κ1) is 15.2. The van der Waals surface area contributed by atoms with Crippen LogP contribution in [-0.2, 0) is 0 Å². The summed E-state index contributed by atoms with van der Waals surface area (Å²) in [6.07, 6.45) is 0.333. The first-order valence-corrected chi connectivity index (χ1v) is 7.70. The summed E-state index contributed by atoms with van der Waals surface area (Å²) in [5.41, 5.74) is 1.46. The maximum Gasteiger partial charge on any atom is 0.273 e. The largest absolute Gasteiger partial charge is 0.334 e. The lowest BCUT2D eigenvalue weighted by Gasteiger charge is -2.24. The van der Waals surface area contributed by atoms with E-state index in [1.165, 1.54) is 11.3 Å². The molecule has 2 rings (SSSR count). The second-order valence-corrected chi connectivity index (χ2v) is 5.76. The van der Waals surface area contributed by atoms with Crippen molar-refractivity contribution in [2.45, 2.75) is 26.3 Å². The molecule has 1 amide bonds. The Labute approximate surface area is 128 Å². The number of hydrogen-bond donors (Lipinski definition) is 0. The van der Waals surface area contributed by atoms with E-state index in [-0.39, 0.29) is 11.9 Å². The molecule has 0 N–H and O–H groups in total. The van der Waals surface area contributed by atoms with Crippen LogP contribution < -0.4 is 0 Å². The molecule has 21 heavy (non-hydrogen) atoms. The van der Waals surface area contributed by atoms with Crippen LogP contribution in [0.15, 0.2) is 35.7 Å². The van der Waals surface area contributed by atoms with Gasteiger partial charge in [-0.25, -0.2) is 4.98 Å². The van der Waals surface area contributed by atoms with E-state index in [0.717, 1.165) is 10.6 Å². The molecule has 108 valence electrons. The number of nitrogens with zero attached hydrogens (tertiary/aromatic N) is 3. The SMILES string of the molecule is CC(C)N(CCC#N)C(=O)c1csc(-c2ccccc2)n1. The first-order valence-electron chi connectivity index (χ1n) is 6.82. The fourth-order valence-corrected chi connectivity index (χ4v) is 2.80. The Bertz CT molecular complexity index is 643. The molecular formula is C16H17N3OS. The second-order valence-electron chi connectivity index (χ2n) is 4.90. The van der Waals surface area contributed by atoms with Gasteiger partial charge in [0.05, 0.1) is 12.5 Å². The molecule has 5 heteroatoms. The fraction of sp³-hybridized carbons (Fsp3) is 0.312. The molecule has 1 aromatic carbocycles. The third-order valence-electron chi connectivity index (χ3n) is 3.09. The van der Waals surface area contributed by atoms with Crippen LogP contribution in [-0.4, -0.2) is 28.4 Å². The zero-order valence-electron chi connectivity index (χ0n) is 12.1. The Hall–Kier alpha value is -2.19. The zero-order chi connectivity index (χ0) is 15.2. The van der Waals surface area contributed by atoms with E-state index in [1.807, 2.05) is 44.2 Å². The molecule has 0 fully saturated rings. The summed E-state index contributed by atoms with van der Waals surface area (Å²) in [6.45, 7) is 4.32. The lowest BCUT2D eigenvalue weighted by Crippen LogP contribution is -2.37. The van der Waals surface area contributed by atoms with Gasteiger partial charge in [-0.15, -0.1) is 11.3 Å². The standard InChI is InChI=1S/C16H17N3OS/c1-12(2)19(10-6-9-17)16(20)14-11-21-15(18-14)13-7-4-3-5-8-13/h3-5,7-8,11-12H,6,10H2,1-2H3. The molecule has 0 atom stereocenters. The summed E-state index contributed by atoms with van der Waals surface area (Å²) >= 11 is 1.46. The fourth-order valence-electron chi connectivity index (χ4n) is 2.00. The van der Waals surface area contributed by atoms with Crippen molar-refractivity contribution in [3.63, 3.8) is 0 Å². The molecule has 0 saturated heterocycles. The molecule has 1 aromatic heterocycles. The maximum atomic E-state index is 12.5. The highest BCUT2D eigenvalue weighted by Crippen LogP contribution is 2.24. The highest BCUT2D eigenvalue weighted by atomic mass is 32.1. The van der Waals surface area contributed by atoms with Crippen molar-refractivity contribution in [1.29, 1.82) is 5.26 Å². The first-order chi connectivity index (χ1) is 10.1. The van der Waals surface area contributed by atoms with Crippen molar-refractivity contribution in [3.8, 4) is 16.6 Å². The minimum absolute atomic E-state index is 0.0488. The number of thiazole rings is 1. The van der Waals surface area contributed by atoms with E-state index in [2.05, 4.69) is 11.1 Å². The lowest BCUT2D eigenvalue weighted by molar-refractivity contribution is 0.0705. The summed E-state index contributed by atoms with van der Waals surface area (Å²) in [6, 6.07) is 11.9. The van der Waals surface area contributed by atoms with Crippen molar-refractivity contribution in [2.24, 2.45) is 0 Å². The van der Waals surface area contributed by atoms with Gasteiger partial charge in [-0.1, -0.05) is 30.3 Å². The van der Waals surface area contributed by atoms with Crippen LogP contribution in [0.5, 0.6) is 0 Å². The number of benzene rings is 1. The van der Waals surface area contributed by atoms with E-state index in [0.29, 0.717) is 18.7 Å². The molecule has 1 heterocycles. The number of nitriles is 1. The number of hydrogen-bond acceptors (Lipinski definition) is 4. The van der Waals surface area contributed by atoms with Crippen molar-refractivity contribution in [2.75, 3.05) is 6.54 Å². The average molecular weight is 299 g/mol. The number of aromatic nitrogens is 1.